The second-order valence-electron chi connectivity index (χ2n) is 8.65. The summed E-state index contributed by atoms with van der Waals surface area (Å²) in [7, 11) is 2.08. The number of hydrogen-bond acceptors (Lipinski definition) is 6. The van der Waals surface area contributed by atoms with Crippen LogP contribution < -0.4 is 16.0 Å². The van der Waals surface area contributed by atoms with Crippen molar-refractivity contribution in [2.75, 3.05) is 43.9 Å². The predicted octanol–water partition coefficient (Wildman–Crippen LogP) is 5.22. The number of aromatic nitrogens is 1. The van der Waals surface area contributed by atoms with E-state index in [0.29, 0.717) is 35.2 Å². The molecule has 1 aromatic carbocycles. The average Bonchev–Trinajstić information content (AvgIpc) is 3.37. The molecule has 2 aromatic heterocycles. The van der Waals surface area contributed by atoms with Crippen molar-refractivity contribution in [3.8, 4) is 0 Å². The Balaban J connectivity index is 1.57. The van der Waals surface area contributed by atoms with Crippen molar-refractivity contribution in [3.63, 3.8) is 0 Å². The Kier molecular flexibility index (Phi) is 7.61. The van der Waals surface area contributed by atoms with E-state index in [4.69, 9.17) is 0 Å². The van der Waals surface area contributed by atoms with Crippen LogP contribution >= 0.6 is 11.3 Å². The number of carbonyl (C=O) groups is 1. The van der Waals surface area contributed by atoms with Crippen molar-refractivity contribution < 1.29 is 18.0 Å². The molecule has 0 unspecified atom stereocenters. The lowest BCUT2D eigenvalue weighted by Gasteiger charge is -2.30. The molecule has 0 atom stereocenters. The maximum absolute atomic E-state index is 13.6. The maximum atomic E-state index is 13.6. The van der Waals surface area contributed by atoms with Crippen LogP contribution in [0.2, 0.25) is 0 Å². The van der Waals surface area contributed by atoms with Crippen molar-refractivity contribution in [2.45, 2.75) is 25.1 Å². The first-order chi connectivity index (χ1) is 16.7. The number of piperidine rings is 1. The fourth-order valence-corrected chi connectivity index (χ4v) is 4.73. The Labute approximate surface area is 206 Å². The summed E-state index contributed by atoms with van der Waals surface area (Å²) in [4.78, 5) is 18.6. The van der Waals surface area contributed by atoms with E-state index < -0.39 is 11.7 Å². The van der Waals surface area contributed by atoms with Gasteiger partial charge in [-0.2, -0.15) is 24.5 Å². The van der Waals surface area contributed by atoms with Gasteiger partial charge in [-0.15, -0.1) is 0 Å². The SMILES string of the molecule is C=C(c1nc(NCCNC(=O)c2ccsc2)cc2c(NC3CCN(C)CC3)cccc12)C(F)(F)F. The third kappa shape index (κ3) is 6.12. The van der Waals surface area contributed by atoms with Crippen LogP contribution in [0.5, 0.6) is 0 Å². The fraction of sp³-hybridized carbons (Fsp3) is 0.360. The van der Waals surface area contributed by atoms with Crippen molar-refractivity contribution in [2.24, 2.45) is 0 Å². The normalized spacial score (nSPS) is 15.2. The summed E-state index contributed by atoms with van der Waals surface area (Å²) in [6.07, 6.45) is -2.70. The van der Waals surface area contributed by atoms with Gasteiger partial charge in [-0.25, -0.2) is 4.98 Å². The number of alkyl halides is 3. The molecule has 1 saturated heterocycles. The predicted molar refractivity (Wildman–Crippen MR) is 136 cm³/mol. The van der Waals surface area contributed by atoms with Gasteiger partial charge in [0.05, 0.1) is 11.3 Å². The van der Waals surface area contributed by atoms with Gasteiger partial charge in [0.25, 0.3) is 5.91 Å². The topological polar surface area (TPSA) is 69.3 Å². The first-order valence-corrected chi connectivity index (χ1v) is 12.4. The Bertz CT molecular complexity index is 1190. The van der Waals surface area contributed by atoms with Gasteiger partial charge in [0.1, 0.15) is 5.82 Å². The van der Waals surface area contributed by atoms with E-state index in [9.17, 15) is 18.0 Å². The van der Waals surface area contributed by atoms with E-state index in [0.717, 1.165) is 31.6 Å². The van der Waals surface area contributed by atoms with Gasteiger partial charge in [-0.1, -0.05) is 18.7 Å². The molecule has 1 aliphatic rings. The molecule has 0 spiro atoms. The molecule has 4 rings (SSSR count). The highest BCUT2D eigenvalue weighted by atomic mass is 32.1. The van der Waals surface area contributed by atoms with Crippen LogP contribution in [-0.4, -0.2) is 61.2 Å². The minimum absolute atomic E-state index is 0.199. The maximum Gasteiger partial charge on any atom is 0.417 e. The highest BCUT2D eigenvalue weighted by molar-refractivity contribution is 7.08. The summed E-state index contributed by atoms with van der Waals surface area (Å²) in [6.45, 7) is 5.81. The Morgan fingerprint density at radius 3 is 2.66 bits per heavy atom. The highest BCUT2D eigenvalue weighted by Crippen LogP contribution is 2.38. The quantitative estimate of drug-likeness (QED) is 0.368. The summed E-state index contributed by atoms with van der Waals surface area (Å²) in [5.41, 5.74) is 0.150. The number of carbonyl (C=O) groups excluding carboxylic acids is 1. The molecule has 3 aromatic rings. The monoisotopic (exact) mass is 503 g/mol. The molecule has 35 heavy (non-hydrogen) atoms. The number of rotatable bonds is 8. The van der Waals surface area contributed by atoms with E-state index in [1.54, 1.807) is 29.6 Å². The first kappa shape index (κ1) is 25.0. The number of likely N-dealkylation sites (tertiary alicyclic amines) is 1. The summed E-state index contributed by atoms with van der Waals surface area (Å²) in [5.74, 6) is 0.0931. The number of allylic oxidation sites excluding steroid dienone is 1. The average molecular weight is 504 g/mol. The number of anilines is 2. The van der Waals surface area contributed by atoms with Gasteiger partial charge in [0.2, 0.25) is 0 Å². The third-order valence-corrected chi connectivity index (χ3v) is 6.76. The molecule has 186 valence electrons. The molecule has 0 saturated carbocycles. The van der Waals surface area contributed by atoms with E-state index in [-0.39, 0.29) is 17.6 Å². The summed E-state index contributed by atoms with van der Waals surface area (Å²) in [6, 6.07) is 8.97. The third-order valence-electron chi connectivity index (χ3n) is 6.08. The molecule has 0 bridgehead atoms. The van der Waals surface area contributed by atoms with Gasteiger partial charge < -0.3 is 20.9 Å². The number of nitrogens with one attached hydrogen (secondary N) is 3. The molecule has 1 amide bonds. The number of fused-ring (bicyclic) bond motifs is 1. The number of thiophene rings is 1. The molecule has 6 nitrogen and oxygen atoms in total. The first-order valence-electron chi connectivity index (χ1n) is 11.4. The summed E-state index contributed by atoms with van der Waals surface area (Å²) < 4.78 is 40.8. The van der Waals surface area contributed by atoms with Crippen molar-refractivity contribution in [3.05, 3.63) is 58.9 Å². The molecule has 0 aliphatic carbocycles. The minimum atomic E-state index is -4.61. The zero-order valence-electron chi connectivity index (χ0n) is 19.4. The van der Waals surface area contributed by atoms with Gasteiger partial charge >= 0.3 is 6.18 Å². The lowest BCUT2D eigenvalue weighted by Crippen LogP contribution is -2.36. The van der Waals surface area contributed by atoms with Gasteiger partial charge in [0, 0.05) is 46.5 Å². The molecule has 1 fully saturated rings. The Morgan fingerprint density at radius 1 is 1.20 bits per heavy atom. The smallest absolute Gasteiger partial charge is 0.382 e. The van der Waals surface area contributed by atoms with Crippen molar-refractivity contribution in [1.29, 1.82) is 0 Å². The van der Waals surface area contributed by atoms with Crippen molar-refractivity contribution in [1.82, 2.24) is 15.2 Å². The number of nitrogens with zero attached hydrogens (tertiary/aromatic N) is 2. The van der Waals surface area contributed by atoms with Crippen molar-refractivity contribution >= 4 is 45.1 Å². The molecule has 10 heteroatoms. The van der Waals surface area contributed by atoms with E-state index >= 15 is 0 Å². The van der Waals surface area contributed by atoms with Gasteiger partial charge in [-0.05, 0) is 56.6 Å². The largest absolute Gasteiger partial charge is 0.417 e. The van der Waals surface area contributed by atoms with E-state index in [1.165, 1.54) is 11.3 Å². The molecule has 3 heterocycles. The van der Waals surface area contributed by atoms with Crippen LogP contribution in [0.15, 0.2) is 47.7 Å². The number of benzene rings is 1. The molecule has 1 aliphatic heterocycles. The van der Waals surface area contributed by atoms with E-state index in [1.807, 2.05) is 11.4 Å². The zero-order chi connectivity index (χ0) is 25.0. The summed E-state index contributed by atoms with van der Waals surface area (Å²) in [5, 5.41) is 14.0. The van der Waals surface area contributed by atoms with Crippen LogP contribution in [0.4, 0.5) is 24.7 Å². The molecule has 0 radical (unpaired) electrons. The molecular weight excluding hydrogens is 475 g/mol. The number of hydrogen-bond donors (Lipinski definition) is 3. The lowest BCUT2D eigenvalue weighted by molar-refractivity contribution is -0.0688. The van der Waals surface area contributed by atoms with Crippen LogP contribution in [0.3, 0.4) is 0 Å². The van der Waals surface area contributed by atoms with Crippen LogP contribution in [-0.2, 0) is 0 Å². The van der Waals surface area contributed by atoms with Gasteiger partial charge in [0.15, 0.2) is 0 Å². The number of halogens is 3. The second-order valence-corrected chi connectivity index (χ2v) is 9.43. The van der Waals surface area contributed by atoms with Gasteiger partial charge in [-0.3, -0.25) is 4.79 Å². The Morgan fingerprint density at radius 2 is 1.97 bits per heavy atom. The summed E-state index contributed by atoms with van der Waals surface area (Å²) >= 11 is 1.43. The van der Waals surface area contributed by atoms with E-state index in [2.05, 4.69) is 39.5 Å². The van der Waals surface area contributed by atoms with Crippen LogP contribution in [0.25, 0.3) is 16.3 Å². The van der Waals surface area contributed by atoms with Crippen LogP contribution in [0, 0.1) is 0 Å². The minimum Gasteiger partial charge on any atom is -0.382 e. The molecule has 3 N–H and O–H groups in total. The standard InChI is InChI=1S/C25H28F3N5OS/c1-16(25(26,27)28)23-19-4-3-5-21(31-18-6-11-33(2)12-7-18)20(19)14-22(32-23)29-9-10-30-24(34)17-8-13-35-15-17/h3-5,8,13-15,18,31H,1,6-7,9-12H2,2H3,(H,29,32)(H,30,34). The van der Waals surface area contributed by atoms with Crippen LogP contribution in [0.1, 0.15) is 28.9 Å². The fourth-order valence-electron chi connectivity index (χ4n) is 4.09. The molecular formula is C25H28F3N5OS. The second kappa shape index (κ2) is 10.7. The highest BCUT2D eigenvalue weighted by Gasteiger charge is 2.35. The Hall–Kier alpha value is -3.11. The lowest BCUT2D eigenvalue weighted by atomic mass is 10.0. The number of amides is 1. The zero-order valence-corrected chi connectivity index (χ0v) is 20.2. The number of pyridine rings is 1.